The molecule has 1 aromatic rings. The van der Waals surface area contributed by atoms with E-state index in [2.05, 4.69) is 6.92 Å². The Balaban J connectivity index is 2.62. The Kier molecular flexibility index (Phi) is 2.86. The Labute approximate surface area is 95.4 Å². The third-order valence-corrected chi connectivity index (χ3v) is 3.17. The minimum atomic E-state index is 0.185. The average Bonchev–Trinajstić information content (AvgIpc) is 2.32. The van der Waals surface area contributed by atoms with Gasteiger partial charge in [-0.05, 0) is 18.4 Å². The second-order valence-electron chi connectivity index (χ2n) is 4.15. The summed E-state index contributed by atoms with van der Waals surface area (Å²) >= 11 is 0. The highest BCUT2D eigenvalue weighted by Crippen LogP contribution is 2.40. The lowest BCUT2D eigenvalue weighted by Gasteiger charge is -2.24. The highest BCUT2D eigenvalue weighted by Gasteiger charge is 2.26. The maximum Gasteiger partial charge on any atom is 0.163 e. The first kappa shape index (κ1) is 11.0. The minimum Gasteiger partial charge on any atom is -0.497 e. The zero-order chi connectivity index (χ0) is 11.7. The summed E-state index contributed by atoms with van der Waals surface area (Å²) in [4.78, 5) is 11.9. The van der Waals surface area contributed by atoms with Gasteiger partial charge in [0.05, 0.1) is 14.2 Å². The van der Waals surface area contributed by atoms with Crippen LogP contribution in [0.15, 0.2) is 12.1 Å². The van der Waals surface area contributed by atoms with E-state index < -0.39 is 0 Å². The fourth-order valence-corrected chi connectivity index (χ4v) is 2.25. The Morgan fingerprint density at radius 1 is 1.25 bits per heavy atom. The molecule has 0 N–H and O–H groups in total. The number of rotatable bonds is 2. The Morgan fingerprint density at radius 2 is 2.00 bits per heavy atom. The third kappa shape index (κ3) is 1.66. The molecule has 1 aromatic carbocycles. The molecule has 0 radical (unpaired) electrons. The highest BCUT2D eigenvalue weighted by atomic mass is 16.5. The predicted molar refractivity (Wildman–Crippen MR) is 61.5 cm³/mol. The van der Waals surface area contributed by atoms with E-state index in [1.54, 1.807) is 14.2 Å². The van der Waals surface area contributed by atoms with Crippen molar-refractivity contribution in [3.63, 3.8) is 0 Å². The zero-order valence-electron chi connectivity index (χ0n) is 9.87. The lowest BCUT2D eigenvalue weighted by atomic mass is 9.82. The van der Waals surface area contributed by atoms with Crippen molar-refractivity contribution in [2.24, 2.45) is 0 Å². The van der Waals surface area contributed by atoms with Gasteiger partial charge >= 0.3 is 0 Å². The van der Waals surface area contributed by atoms with Gasteiger partial charge in [0, 0.05) is 23.6 Å². The molecule has 2 rings (SSSR count). The molecule has 3 heteroatoms. The van der Waals surface area contributed by atoms with Crippen molar-refractivity contribution in [3.05, 3.63) is 23.3 Å². The van der Waals surface area contributed by atoms with E-state index in [0.717, 1.165) is 23.3 Å². The lowest BCUT2D eigenvalue weighted by Crippen LogP contribution is -2.15. The van der Waals surface area contributed by atoms with E-state index in [9.17, 15) is 4.79 Å². The molecule has 0 fully saturated rings. The van der Waals surface area contributed by atoms with E-state index in [0.29, 0.717) is 18.1 Å². The van der Waals surface area contributed by atoms with Crippen molar-refractivity contribution >= 4 is 5.78 Å². The van der Waals surface area contributed by atoms with Crippen molar-refractivity contribution in [1.82, 2.24) is 0 Å². The van der Waals surface area contributed by atoms with Crippen LogP contribution < -0.4 is 9.47 Å². The van der Waals surface area contributed by atoms with Crippen molar-refractivity contribution in [3.8, 4) is 11.5 Å². The number of carbonyl (C=O) groups excluding carboxylic acids is 1. The van der Waals surface area contributed by atoms with Gasteiger partial charge in [0.15, 0.2) is 5.78 Å². The Morgan fingerprint density at radius 3 is 2.62 bits per heavy atom. The van der Waals surface area contributed by atoms with Crippen LogP contribution >= 0.6 is 0 Å². The van der Waals surface area contributed by atoms with Gasteiger partial charge in [0.2, 0.25) is 0 Å². The molecular weight excluding hydrogens is 204 g/mol. The van der Waals surface area contributed by atoms with Crippen LogP contribution in [-0.2, 0) is 0 Å². The molecule has 3 nitrogen and oxygen atoms in total. The number of ether oxygens (including phenoxy) is 2. The third-order valence-electron chi connectivity index (χ3n) is 3.17. The van der Waals surface area contributed by atoms with Gasteiger partial charge in [-0.15, -0.1) is 0 Å². The highest BCUT2D eigenvalue weighted by molar-refractivity contribution is 6.00. The molecule has 1 atom stereocenters. The standard InChI is InChI=1S/C13H16O3/c1-8-4-5-11(14)10-6-9(15-2)7-12(16-3)13(8)10/h6-8H,4-5H2,1-3H3. The summed E-state index contributed by atoms with van der Waals surface area (Å²) in [7, 11) is 3.22. The topological polar surface area (TPSA) is 35.5 Å². The number of benzene rings is 1. The molecule has 0 aliphatic heterocycles. The van der Waals surface area contributed by atoms with Crippen molar-refractivity contribution < 1.29 is 14.3 Å². The summed E-state index contributed by atoms with van der Waals surface area (Å²) in [6.07, 6.45) is 1.51. The largest absolute Gasteiger partial charge is 0.497 e. The van der Waals surface area contributed by atoms with E-state index in [4.69, 9.17) is 9.47 Å². The first-order chi connectivity index (χ1) is 7.67. The summed E-state index contributed by atoms with van der Waals surface area (Å²) in [6.45, 7) is 2.13. The van der Waals surface area contributed by atoms with Crippen LogP contribution in [0.25, 0.3) is 0 Å². The smallest absolute Gasteiger partial charge is 0.163 e. The summed E-state index contributed by atoms with van der Waals surface area (Å²) < 4.78 is 10.5. The van der Waals surface area contributed by atoms with Gasteiger partial charge in [-0.25, -0.2) is 0 Å². The number of fused-ring (bicyclic) bond motifs is 1. The number of carbonyl (C=O) groups is 1. The number of Topliss-reactive ketones (excluding diaryl/α,β-unsaturated/α-hetero) is 1. The molecule has 0 heterocycles. The molecule has 0 saturated heterocycles. The van der Waals surface area contributed by atoms with Crippen molar-refractivity contribution in [1.29, 1.82) is 0 Å². The first-order valence-electron chi connectivity index (χ1n) is 5.46. The minimum absolute atomic E-state index is 0.185. The van der Waals surface area contributed by atoms with Crippen LogP contribution in [0, 0.1) is 0 Å². The Bertz CT molecular complexity index is 423. The summed E-state index contributed by atoms with van der Waals surface area (Å²) in [5.74, 6) is 1.99. The fourth-order valence-electron chi connectivity index (χ4n) is 2.25. The van der Waals surface area contributed by atoms with Crippen LogP contribution in [0.3, 0.4) is 0 Å². The van der Waals surface area contributed by atoms with Crippen LogP contribution in [0.1, 0.15) is 41.6 Å². The SMILES string of the molecule is COc1cc(OC)c2c(c1)C(=O)CCC2C. The van der Waals surface area contributed by atoms with Gasteiger partial charge in [0.1, 0.15) is 11.5 Å². The van der Waals surface area contributed by atoms with Gasteiger partial charge in [-0.3, -0.25) is 4.79 Å². The lowest BCUT2D eigenvalue weighted by molar-refractivity contribution is 0.0966. The van der Waals surface area contributed by atoms with Gasteiger partial charge < -0.3 is 9.47 Å². The predicted octanol–water partition coefficient (Wildman–Crippen LogP) is 2.78. The molecular formula is C13H16O3. The molecule has 0 aromatic heterocycles. The van der Waals surface area contributed by atoms with Crippen LogP contribution in [-0.4, -0.2) is 20.0 Å². The van der Waals surface area contributed by atoms with E-state index in [-0.39, 0.29) is 5.78 Å². The van der Waals surface area contributed by atoms with E-state index >= 15 is 0 Å². The maximum absolute atomic E-state index is 11.9. The van der Waals surface area contributed by atoms with Gasteiger partial charge in [-0.2, -0.15) is 0 Å². The molecule has 0 saturated carbocycles. The van der Waals surface area contributed by atoms with E-state index in [1.165, 1.54) is 0 Å². The zero-order valence-corrected chi connectivity index (χ0v) is 9.87. The molecule has 0 bridgehead atoms. The molecule has 1 unspecified atom stereocenters. The summed E-state index contributed by atoms with van der Waals surface area (Å²) in [5, 5.41) is 0. The first-order valence-corrected chi connectivity index (χ1v) is 5.46. The molecule has 0 amide bonds. The molecule has 86 valence electrons. The van der Waals surface area contributed by atoms with Crippen molar-refractivity contribution in [2.75, 3.05) is 14.2 Å². The average molecular weight is 220 g/mol. The second kappa shape index (κ2) is 4.16. The van der Waals surface area contributed by atoms with Gasteiger partial charge in [0.25, 0.3) is 0 Å². The number of ketones is 1. The van der Waals surface area contributed by atoms with Crippen molar-refractivity contribution in [2.45, 2.75) is 25.7 Å². The number of hydrogen-bond donors (Lipinski definition) is 0. The van der Waals surface area contributed by atoms with E-state index in [1.807, 2.05) is 12.1 Å². The van der Waals surface area contributed by atoms with Gasteiger partial charge in [-0.1, -0.05) is 6.92 Å². The number of methoxy groups -OCH3 is 2. The maximum atomic E-state index is 11.9. The molecule has 0 spiro atoms. The normalized spacial score (nSPS) is 19.2. The molecule has 1 aliphatic carbocycles. The molecule has 1 aliphatic rings. The quantitative estimate of drug-likeness (QED) is 0.768. The van der Waals surface area contributed by atoms with Crippen LogP contribution in [0.2, 0.25) is 0 Å². The fraction of sp³-hybridized carbons (Fsp3) is 0.462. The van der Waals surface area contributed by atoms with Crippen LogP contribution in [0.4, 0.5) is 0 Å². The summed E-state index contributed by atoms with van der Waals surface area (Å²) in [5.41, 5.74) is 1.79. The molecule has 16 heavy (non-hydrogen) atoms. The Hall–Kier alpha value is -1.51. The second-order valence-corrected chi connectivity index (χ2v) is 4.15. The number of hydrogen-bond acceptors (Lipinski definition) is 3. The summed E-state index contributed by atoms with van der Waals surface area (Å²) in [6, 6.07) is 3.66. The monoisotopic (exact) mass is 220 g/mol. The van der Waals surface area contributed by atoms with Crippen LogP contribution in [0.5, 0.6) is 11.5 Å².